The smallest absolute Gasteiger partial charge is 0.239 e. The fraction of sp³-hybridized carbons (Fsp3) is 0.250. The number of nitriles is 1. The SMILES string of the molecule is CCS(=O)(=O)N1CC(CC#N)(n2cc(-c3ncnc4c3ccn4C(=O)C(C)c3cccc(C(=O)c4ccccc4)c3)cn2)C1. The van der Waals surface area contributed by atoms with Gasteiger partial charge in [-0.2, -0.15) is 14.7 Å². The van der Waals surface area contributed by atoms with Crippen molar-refractivity contribution in [3.05, 3.63) is 102 Å². The molecule has 1 fully saturated rings. The van der Waals surface area contributed by atoms with Crippen LogP contribution in [0.15, 0.2) is 85.6 Å². The van der Waals surface area contributed by atoms with E-state index in [0.717, 1.165) is 0 Å². The molecular formula is C32H29N7O4S. The number of nitrogens with zero attached hydrogens (tertiary/aromatic N) is 7. The van der Waals surface area contributed by atoms with Crippen molar-refractivity contribution in [3.63, 3.8) is 0 Å². The molecule has 1 unspecified atom stereocenters. The van der Waals surface area contributed by atoms with Gasteiger partial charge in [-0.15, -0.1) is 0 Å². The molecule has 0 N–H and O–H groups in total. The summed E-state index contributed by atoms with van der Waals surface area (Å²) < 4.78 is 29.2. The predicted molar refractivity (Wildman–Crippen MR) is 163 cm³/mol. The first-order chi connectivity index (χ1) is 21.2. The molecule has 0 amide bonds. The van der Waals surface area contributed by atoms with Gasteiger partial charge in [-0.25, -0.2) is 18.4 Å². The number of fused-ring (bicyclic) bond motifs is 1. The van der Waals surface area contributed by atoms with Crippen molar-refractivity contribution in [1.82, 2.24) is 28.6 Å². The molecular weight excluding hydrogens is 578 g/mol. The molecule has 5 aromatic rings. The lowest BCUT2D eigenvalue weighted by atomic mass is 9.89. The monoisotopic (exact) mass is 607 g/mol. The number of benzene rings is 2. The third kappa shape index (κ3) is 5.00. The second-order valence-corrected chi connectivity index (χ2v) is 13.2. The van der Waals surface area contributed by atoms with Crippen molar-refractivity contribution in [2.75, 3.05) is 18.8 Å². The van der Waals surface area contributed by atoms with Crippen LogP contribution in [0, 0.1) is 11.3 Å². The average Bonchev–Trinajstić information content (AvgIpc) is 3.70. The molecule has 4 heterocycles. The molecule has 0 spiro atoms. The van der Waals surface area contributed by atoms with Crippen LogP contribution < -0.4 is 0 Å². The molecule has 0 bridgehead atoms. The van der Waals surface area contributed by atoms with Crippen LogP contribution in [0.25, 0.3) is 22.3 Å². The molecule has 222 valence electrons. The molecule has 1 aliphatic heterocycles. The van der Waals surface area contributed by atoms with E-state index >= 15 is 0 Å². The fourth-order valence-corrected chi connectivity index (χ4v) is 6.83. The van der Waals surface area contributed by atoms with E-state index in [1.165, 1.54) is 15.2 Å². The summed E-state index contributed by atoms with van der Waals surface area (Å²) >= 11 is 0. The van der Waals surface area contributed by atoms with Crippen LogP contribution in [0.5, 0.6) is 0 Å². The van der Waals surface area contributed by atoms with Gasteiger partial charge in [0.1, 0.15) is 11.9 Å². The first-order valence-corrected chi connectivity index (χ1v) is 15.7. The van der Waals surface area contributed by atoms with E-state index in [0.29, 0.717) is 39.0 Å². The molecule has 1 atom stereocenters. The normalized spacial score (nSPS) is 15.4. The Bertz CT molecular complexity index is 2040. The van der Waals surface area contributed by atoms with E-state index in [1.54, 1.807) is 73.5 Å². The molecule has 0 saturated carbocycles. The zero-order chi connectivity index (χ0) is 31.1. The minimum Gasteiger partial charge on any atom is -0.289 e. The highest BCUT2D eigenvalue weighted by Gasteiger charge is 2.49. The average molecular weight is 608 g/mol. The lowest BCUT2D eigenvalue weighted by Gasteiger charge is -2.47. The highest BCUT2D eigenvalue weighted by atomic mass is 32.2. The second-order valence-electron chi connectivity index (χ2n) is 10.9. The summed E-state index contributed by atoms with van der Waals surface area (Å²) in [5, 5.41) is 14.6. The van der Waals surface area contributed by atoms with Crippen LogP contribution in [0.3, 0.4) is 0 Å². The highest BCUT2D eigenvalue weighted by Crippen LogP contribution is 2.36. The number of hydrogen-bond acceptors (Lipinski definition) is 8. The van der Waals surface area contributed by atoms with Crippen LogP contribution in [0.2, 0.25) is 0 Å². The third-order valence-corrected chi connectivity index (χ3v) is 10.00. The van der Waals surface area contributed by atoms with Crippen LogP contribution in [0.1, 0.15) is 52.5 Å². The van der Waals surface area contributed by atoms with Crippen molar-refractivity contribution in [2.24, 2.45) is 0 Å². The first kappa shape index (κ1) is 29.1. The van der Waals surface area contributed by atoms with Crippen LogP contribution in [-0.4, -0.2) is 67.6 Å². The minimum absolute atomic E-state index is 0.00944. The van der Waals surface area contributed by atoms with E-state index < -0.39 is 21.5 Å². The van der Waals surface area contributed by atoms with Gasteiger partial charge in [-0.05, 0) is 31.5 Å². The first-order valence-electron chi connectivity index (χ1n) is 14.1. The van der Waals surface area contributed by atoms with Crippen molar-refractivity contribution in [3.8, 4) is 17.3 Å². The molecule has 12 heteroatoms. The Morgan fingerprint density at radius 3 is 2.52 bits per heavy atom. The largest absolute Gasteiger partial charge is 0.289 e. The number of aromatic nitrogens is 5. The van der Waals surface area contributed by atoms with Gasteiger partial charge in [-0.3, -0.25) is 18.8 Å². The quantitative estimate of drug-likeness (QED) is 0.226. The van der Waals surface area contributed by atoms with Gasteiger partial charge in [-0.1, -0.05) is 48.5 Å². The molecule has 3 aromatic heterocycles. The number of sulfonamides is 1. The van der Waals surface area contributed by atoms with E-state index in [-0.39, 0.29) is 37.0 Å². The highest BCUT2D eigenvalue weighted by molar-refractivity contribution is 7.89. The maximum absolute atomic E-state index is 13.7. The molecule has 1 aliphatic rings. The van der Waals surface area contributed by atoms with Crippen molar-refractivity contribution >= 4 is 32.7 Å². The standard InChI is InChI=1S/C32H29N7O4S/c1-3-44(42,43)37-19-32(20-37,13-14-33)39-18-26(17-36-39)28-27-12-15-38(30(27)35-21-34-28)31(41)22(2)24-10-7-11-25(16-24)29(40)23-8-5-4-6-9-23/h4-12,15-18,21-22H,3,13,19-20H2,1-2H3. The second kappa shape index (κ2) is 11.3. The molecule has 0 radical (unpaired) electrons. The summed E-state index contributed by atoms with van der Waals surface area (Å²) in [5.41, 5.74) is 2.64. The van der Waals surface area contributed by atoms with Gasteiger partial charge in [0.25, 0.3) is 0 Å². The van der Waals surface area contributed by atoms with Gasteiger partial charge in [0.15, 0.2) is 11.4 Å². The lowest BCUT2D eigenvalue weighted by Crippen LogP contribution is -2.64. The van der Waals surface area contributed by atoms with Crippen molar-refractivity contribution in [2.45, 2.75) is 31.7 Å². The van der Waals surface area contributed by atoms with E-state index in [2.05, 4.69) is 21.1 Å². The Labute approximate surface area is 254 Å². The number of carbonyl (C=O) groups is 2. The van der Waals surface area contributed by atoms with Crippen LogP contribution >= 0.6 is 0 Å². The number of hydrogen-bond donors (Lipinski definition) is 0. The molecule has 0 aliphatic carbocycles. The third-order valence-electron chi connectivity index (χ3n) is 8.22. The minimum atomic E-state index is -3.37. The summed E-state index contributed by atoms with van der Waals surface area (Å²) in [6.07, 6.45) is 6.51. The lowest BCUT2D eigenvalue weighted by molar-refractivity contribution is 0.0719. The number of ketones is 1. The molecule has 6 rings (SSSR count). The zero-order valence-electron chi connectivity index (χ0n) is 24.2. The maximum Gasteiger partial charge on any atom is 0.239 e. The van der Waals surface area contributed by atoms with E-state index in [4.69, 9.17) is 0 Å². The van der Waals surface area contributed by atoms with Crippen LogP contribution in [-0.2, 0) is 15.6 Å². The Kier molecular flexibility index (Phi) is 7.44. The van der Waals surface area contributed by atoms with Crippen LogP contribution in [0.4, 0.5) is 0 Å². The Morgan fingerprint density at radius 1 is 1.05 bits per heavy atom. The summed E-state index contributed by atoms with van der Waals surface area (Å²) in [4.78, 5) is 35.6. The summed E-state index contributed by atoms with van der Waals surface area (Å²) in [7, 11) is -3.37. The van der Waals surface area contributed by atoms with E-state index in [1.807, 2.05) is 24.3 Å². The van der Waals surface area contributed by atoms with Gasteiger partial charge in [0.2, 0.25) is 15.9 Å². The molecule has 2 aromatic carbocycles. The van der Waals surface area contributed by atoms with Crippen molar-refractivity contribution in [1.29, 1.82) is 5.26 Å². The number of rotatable bonds is 9. The fourth-order valence-electron chi connectivity index (χ4n) is 5.59. The topological polar surface area (TPSA) is 144 Å². The van der Waals surface area contributed by atoms with Gasteiger partial charge in [0.05, 0.1) is 36.1 Å². The molecule has 11 nitrogen and oxygen atoms in total. The zero-order valence-corrected chi connectivity index (χ0v) is 25.0. The van der Waals surface area contributed by atoms with Crippen molar-refractivity contribution < 1.29 is 18.0 Å². The molecule has 44 heavy (non-hydrogen) atoms. The summed E-state index contributed by atoms with van der Waals surface area (Å²) in [5.74, 6) is -0.911. The van der Waals surface area contributed by atoms with Gasteiger partial charge in [0, 0.05) is 47.6 Å². The van der Waals surface area contributed by atoms with Gasteiger partial charge < -0.3 is 0 Å². The Hall–Kier alpha value is -4.99. The summed E-state index contributed by atoms with van der Waals surface area (Å²) in [6.45, 7) is 3.71. The Balaban J connectivity index is 1.27. The predicted octanol–water partition coefficient (Wildman–Crippen LogP) is 4.24. The maximum atomic E-state index is 13.7. The number of carbonyl (C=O) groups excluding carboxylic acids is 2. The van der Waals surface area contributed by atoms with E-state index in [9.17, 15) is 23.3 Å². The Morgan fingerprint density at radius 2 is 1.80 bits per heavy atom. The van der Waals surface area contributed by atoms with Gasteiger partial charge >= 0.3 is 0 Å². The summed E-state index contributed by atoms with van der Waals surface area (Å²) in [6, 6.07) is 20.0. The molecule has 1 saturated heterocycles.